The minimum absolute atomic E-state index is 0. The van der Waals surface area contributed by atoms with Crippen LogP contribution in [0.25, 0.3) is 0 Å². The first-order chi connectivity index (χ1) is 12.5. The zero-order valence-corrected chi connectivity index (χ0v) is 21.9. The average Bonchev–Trinajstić information content (AvgIpc) is 2.46. The van der Waals surface area contributed by atoms with Gasteiger partial charge < -0.3 is 25.5 Å². The zero-order valence-electron chi connectivity index (χ0n) is 16.8. The first-order valence-corrected chi connectivity index (χ1v) is 7.75. The minimum atomic E-state index is -1.24. The van der Waals surface area contributed by atoms with Gasteiger partial charge in [0, 0.05) is 26.2 Å². The summed E-state index contributed by atoms with van der Waals surface area (Å²) in [5, 5.41) is 44.1. The van der Waals surface area contributed by atoms with Gasteiger partial charge in [-0.3, -0.25) is 38.7 Å². The summed E-state index contributed by atoms with van der Waals surface area (Å²) >= 11 is 0. The molecular formula is C14H23FeN3Na2O10+5. The number of rotatable bonds is 16. The van der Waals surface area contributed by atoms with Gasteiger partial charge in [0.1, 0.15) is 0 Å². The number of carboxylic acid groups (broad SMARTS) is 5. The summed E-state index contributed by atoms with van der Waals surface area (Å²) in [6.07, 6.45) is 0. The molecule has 0 aliphatic carbocycles. The molecule has 159 valence electrons. The predicted octanol–water partition coefficient (Wildman–Crippen LogP) is -8.68. The molecule has 0 aliphatic heterocycles. The number of aliphatic carboxylic acids is 5. The van der Waals surface area contributed by atoms with Crippen LogP contribution in [0.15, 0.2) is 0 Å². The van der Waals surface area contributed by atoms with Crippen LogP contribution in [-0.4, -0.2) is 129 Å². The van der Waals surface area contributed by atoms with Crippen LogP contribution in [0.1, 0.15) is 0 Å². The summed E-state index contributed by atoms with van der Waals surface area (Å²) < 4.78 is 0. The van der Waals surface area contributed by atoms with Gasteiger partial charge in [0.15, 0.2) is 0 Å². The van der Waals surface area contributed by atoms with Crippen molar-refractivity contribution in [2.45, 2.75) is 0 Å². The summed E-state index contributed by atoms with van der Waals surface area (Å²) in [5.41, 5.74) is 0. The molecular weight excluding hydrogens is 472 g/mol. The Morgan fingerprint density at radius 2 is 0.600 bits per heavy atom. The summed E-state index contributed by atoms with van der Waals surface area (Å²) in [6, 6.07) is 0. The summed E-state index contributed by atoms with van der Waals surface area (Å²) in [6.45, 7) is -2.74. The number of hydrogen-bond acceptors (Lipinski definition) is 8. The van der Waals surface area contributed by atoms with E-state index in [9.17, 15) is 24.0 Å². The maximum Gasteiger partial charge on any atom is 3.00 e. The Balaban J connectivity index is -0.00000113. The van der Waals surface area contributed by atoms with Crippen molar-refractivity contribution in [1.29, 1.82) is 0 Å². The van der Waals surface area contributed by atoms with E-state index in [1.165, 1.54) is 4.90 Å². The van der Waals surface area contributed by atoms with Gasteiger partial charge in [-0.25, -0.2) is 0 Å². The van der Waals surface area contributed by atoms with E-state index in [1.807, 2.05) is 0 Å². The van der Waals surface area contributed by atoms with Gasteiger partial charge in [-0.1, -0.05) is 0 Å². The summed E-state index contributed by atoms with van der Waals surface area (Å²) in [7, 11) is 0. The van der Waals surface area contributed by atoms with E-state index in [1.54, 1.807) is 0 Å². The number of hydrogen-bond donors (Lipinski definition) is 5. The molecule has 0 aromatic heterocycles. The standard InChI is InChI=1S/C14H23N3O10.Fe.2Na/c18-10(19)5-15(1-3-16(6-11(20)21)7-12(22)23)2-4-17(8-13(24)25)9-14(26)27;;;/h1-9H2,(H,18,19)(H,20,21)(H,22,23)(H,24,25)(H,26,27);;;/q;+3;2*+1. The fourth-order valence-corrected chi connectivity index (χ4v) is 2.22. The van der Waals surface area contributed by atoms with Crippen LogP contribution in [0, 0.1) is 0 Å². The molecule has 30 heavy (non-hydrogen) atoms. The zero-order chi connectivity index (χ0) is 21.0. The topological polar surface area (TPSA) is 196 Å². The van der Waals surface area contributed by atoms with Crippen molar-refractivity contribution >= 4 is 29.8 Å². The van der Waals surface area contributed by atoms with Crippen molar-refractivity contribution in [2.24, 2.45) is 0 Å². The molecule has 0 aromatic carbocycles. The Labute approximate surface area is 227 Å². The Morgan fingerprint density at radius 1 is 0.433 bits per heavy atom. The Kier molecular flexibility index (Phi) is 25.5. The van der Waals surface area contributed by atoms with Gasteiger partial charge in [-0.05, 0) is 0 Å². The molecule has 0 spiro atoms. The van der Waals surface area contributed by atoms with Crippen LogP contribution in [0.3, 0.4) is 0 Å². The Hall–Kier alpha value is -0.251. The van der Waals surface area contributed by atoms with Crippen molar-refractivity contribution in [1.82, 2.24) is 14.7 Å². The maximum atomic E-state index is 11.0. The Morgan fingerprint density at radius 3 is 0.800 bits per heavy atom. The van der Waals surface area contributed by atoms with Gasteiger partial charge in [-0.15, -0.1) is 0 Å². The molecule has 0 saturated carbocycles. The fraction of sp³-hybridized carbons (Fsp3) is 0.643. The van der Waals surface area contributed by atoms with Gasteiger partial charge >= 0.3 is 106 Å². The quantitative estimate of drug-likeness (QED) is 0.127. The molecule has 0 aliphatic rings. The minimum Gasteiger partial charge on any atom is -0.480 e. The van der Waals surface area contributed by atoms with Crippen LogP contribution in [-0.2, 0) is 41.0 Å². The molecule has 0 rings (SSSR count). The normalized spacial score (nSPS) is 9.97. The molecule has 0 unspecified atom stereocenters. The van der Waals surface area contributed by atoms with Crippen molar-refractivity contribution in [2.75, 3.05) is 58.9 Å². The van der Waals surface area contributed by atoms with Gasteiger partial charge in [0.25, 0.3) is 0 Å². The first kappa shape index (κ1) is 37.1. The molecule has 0 aromatic rings. The summed E-state index contributed by atoms with van der Waals surface area (Å²) in [5.74, 6) is -6.16. The SMILES string of the molecule is O=C(O)CN(CCN(CC(=O)O)CC(=O)O)CCN(CC(=O)O)CC(=O)O.[Fe+3].[Na+].[Na+]. The molecule has 0 heterocycles. The molecule has 0 saturated heterocycles. The van der Waals surface area contributed by atoms with Crippen LogP contribution < -0.4 is 59.1 Å². The second-order valence-electron chi connectivity index (χ2n) is 5.67. The van der Waals surface area contributed by atoms with Crippen LogP contribution in [0.4, 0.5) is 0 Å². The third-order valence-electron chi connectivity index (χ3n) is 3.26. The average molecular weight is 495 g/mol. The molecule has 0 bridgehead atoms. The molecule has 0 atom stereocenters. The van der Waals surface area contributed by atoms with Gasteiger partial charge in [-0.2, -0.15) is 0 Å². The predicted molar refractivity (Wildman–Crippen MR) is 87.5 cm³/mol. The van der Waals surface area contributed by atoms with E-state index < -0.39 is 62.6 Å². The molecule has 1 radical (unpaired) electrons. The van der Waals surface area contributed by atoms with Crippen LogP contribution in [0.2, 0.25) is 0 Å². The van der Waals surface area contributed by atoms with Crippen molar-refractivity contribution in [3.05, 3.63) is 0 Å². The van der Waals surface area contributed by atoms with E-state index in [0.29, 0.717) is 0 Å². The van der Waals surface area contributed by atoms with E-state index in [2.05, 4.69) is 0 Å². The van der Waals surface area contributed by atoms with E-state index in [0.717, 1.165) is 9.80 Å². The first-order valence-electron chi connectivity index (χ1n) is 7.75. The third kappa shape index (κ3) is 22.4. The fourth-order valence-electron chi connectivity index (χ4n) is 2.22. The molecule has 16 heteroatoms. The molecule has 0 fully saturated rings. The molecule has 13 nitrogen and oxygen atoms in total. The van der Waals surface area contributed by atoms with Crippen LogP contribution >= 0.6 is 0 Å². The molecule has 0 amide bonds. The molecule has 5 N–H and O–H groups in total. The van der Waals surface area contributed by atoms with Crippen molar-refractivity contribution in [3.8, 4) is 0 Å². The van der Waals surface area contributed by atoms with E-state index in [-0.39, 0.29) is 102 Å². The van der Waals surface area contributed by atoms with E-state index in [4.69, 9.17) is 25.5 Å². The summed E-state index contributed by atoms with van der Waals surface area (Å²) in [4.78, 5) is 57.6. The van der Waals surface area contributed by atoms with Crippen molar-refractivity contribution in [3.63, 3.8) is 0 Å². The third-order valence-corrected chi connectivity index (χ3v) is 3.26. The number of nitrogens with zero attached hydrogens (tertiary/aromatic N) is 3. The van der Waals surface area contributed by atoms with Gasteiger partial charge in [0.05, 0.1) is 32.7 Å². The second kappa shape index (κ2) is 20.6. The second-order valence-corrected chi connectivity index (χ2v) is 5.67. The number of carbonyl (C=O) groups is 5. The van der Waals surface area contributed by atoms with Crippen molar-refractivity contribution < 1.29 is 126 Å². The van der Waals surface area contributed by atoms with Gasteiger partial charge in [0.2, 0.25) is 0 Å². The largest absolute Gasteiger partial charge is 3.00 e. The van der Waals surface area contributed by atoms with Crippen LogP contribution in [0.5, 0.6) is 0 Å². The smallest absolute Gasteiger partial charge is 0.480 e. The van der Waals surface area contributed by atoms with E-state index >= 15 is 0 Å². The monoisotopic (exact) mass is 495 g/mol. The maximum absolute atomic E-state index is 11.0. The number of carboxylic acids is 5. The Bertz CT molecular complexity index is 498.